The first kappa shape index (κ1) is 13.0. The zero-order chi connectivity index (χ0) is 13.2. The third-order valence-electron chi connectivity index (χ3n) is 3.28. The molecule has 1 unspecified atom stereocenters. The summed E-state index contributed by atoms with van der Waals surface area (Å²) >= 11 is 0. The molecule has 1 atom stereocenters. The maximum Gasteiger partial charge on any atom is 0.0823 e. The predicted octanol–water partition coefficient (Wildman–Crippen LogP) is 3.08. The minimum atomic E-state index is -0.548. The van der Waals surface area contributed by atoms with Crippen LogP contribution < -0.4 is 0 Å². The van der Waals surface area contributed by atoms with E-state index in [2.05, 4.69) is 4.98 Å². The van der Waals surface area contributed by atoms with Crippen molar-refractivity contribution in [2.45, 2.75) is 32.0 Å². The SMILES string of the molecule is COC(C)(C)CC(O)c1cccc2ncccc12. The smallest absolute Gasteiger partial charge is 0.0823 e. The Morgan fingerprint density at radius 2 is 2.06 bits per heavy atom. The molecule has 1 aromatic carbocycles. The molecule has 2 rings (SSSR count). The van der Waals surface area contributed by atoms with Crippen LogP contribution >= 0.6 is 0 Å². The molecule has 0 aliphatic rings. The van der Waals surface area contributed by atoms with Gasteiger partial charge in [0.2, 0.25) is 0 Å². The highest BCUT2D eigenvalue weighted by molar-refractivity contribution is 5.82. The van der Waals surface area contributed by atoms with Gasteiger partial charge >= 0.3 is 0 Å². The Bertz CT molecular complexity index is 532. The van der Waals surface area contributed by atoms with Crippen LogP contribution in [0.5, 0.6) is 0 Å². The van der Waals surface area contributed by atoms with E-state index in [1.54, 1.807) is 13.3 Å². The van der Waals surface area contributed by atoms with Gasteiger partial charge in [-0.15, -0.1) is 0 Å². The molecule has 1 N–H and O–H groups in total. The van der Waals surface area contributed by atoms with E-state index in [9.17, 15) is 5.11 Å². The lowest BCUT2D eigenvalue weighted by molar-refractivity contribution is -0.0197. The topological polar surface area (TPSA) is 42.4 Å². The molecule has 3 heteroatoms. The van der Waals surface area contributed by atoms with Crippen LogP contribution in [0.15, 0.2) is 36.5 Å². The monoisotopic (exact) mass is 245 g/mol. The Kier molecular flexibility index (Phi) is 3.64. The standard InChI is InChI=1S/C15H19NO2/c1-15(2,18-3)10-14(17)12-6-4-8-13-11(12)7-5-9-16-13/h4-9,14,17H,10H2,1-3H3. The maximum atomic E-state index is 10.4. The molecule has 0 aliphatic heterocycles. The number of nitrogens with zero attached hydrogens (tertiary/aromatic N) is 1. The molecule has 2 aromatic rings. The summed E-state index contributed by atoms with van der Waals surface area (Å²) in [7, 11) is 1.66. The maximum absolute atomic E-state index is 10.4. The Morgan fingerprint density at radius 3 is 2.78 bits per heavy atom. The fraction of sp³-hybridized carbons (Fsp3) is 0.400. The summed E-state index contributed by atoms with van der Waals surface area (Å²) in [4.78, 5) is 4.30. The second kappa shape index (κ2) is 5.04. The first-order valence-electron chi connectivity index (χ1n) is 6.10. The number of aromatic nitrogens is 1. The van der Waals surface area contributed by atoms with Crippen LogP contribution in [0.2, 0.25) is 0 Å². The molecule has 0 saturated heterocycles. The zero-order valence-corrected chi connectivity index (χ0v) is 11.1. The van der Waals surface area contributed by atoms with Gasteiger partial charge < -0.3 is 9.84 Å². The normalized spacial score (nSPS) is 13.8. The van der Waals surface area contributed by atoms with Gasteiger partial charge in [-0.3, -0.25) is 4.98 Å². The highest BCUT2D eigenvalue weighted by Crippen LogP contribution is 2.29. The fourth-order valence-corrected chi connectivity index (χ4v) is 2.08. The third-order valence-corrected chi connectivity index (χ3v) is 3.28. The van der Waals surface area contributed by atoms with Crippen LogP contribution in [0.25, 0.3) is 10.9 Å². The number of benzene rings is 1. The molecule has 1 aromatic heterocycles. The Hall–Kier alpha value is -1.45. The van der Waals surface area contributed by atoms with E-state index >= 15 is 0 Å². The summed E-state index contributed by atoms with van der Waals surface area (Å²) in [6.07, 6.45) is 1.77. The first-order valence-corrected chi connectivity index (χ1v) is 6.10. The van der Waals surface area contributed by atoms with Crippen molar-refractivity contribution >= 4 is 10.9 Å². The van der Waals surface area contributed by atoms with E-state index in [1.807, 2.05) is 44.2 Å². The van der Waals surface area contributed by atoms with Crippen molar-refractivity contribution in [2.75, 3.05) is 7.11 Å². The van der Waals surface area contributed by atoms with Crippen molar-refractivity contribution in [1.82, 2.24) is 4.98 Å². The summed E-state index contributed by atoms with van der Waals surface area (Å²) in [5.74, 6) is 0. The predicted molar refractivity (Wildman–Crippen MR) is 72.4 cm³/mol. The average molecular weight is 245 g/mol. The van der Waals surface area contributed by atoms with Crippen LogP contribution in [0.1, 0.15) is 31.9 Å². The van der Waals surface area contributed by atoms with Gasteiger partial charge in [-0.25, -0.2) is 0 Å². The zero-order valence-electron chi connectivity index (χ0n) is 11.1. The molecule has 96 valence electrons. The molecule has 0 radical (unpaired) electrons. The fourth-order valence-electron chi connectivity index (χ4n) is 2.08. The van der Waals surface area contributed by atoms with Crippen molar-refractivity contribution in [3.8, 4) is 0 Å². The summed E-state index contributed by atoms with van der Waals surface area (Å²) in [5.41, 5.74) is 1.47. The molecule has 0 saturated carbocycles. The highest BCUT2D eigenvalue weighted by atomic mass is 16.5. The van der Waals surface area contributed by atoms with Crippen molar-refractivity contribution in [1.29, 1.82) is 0 Å². The number of hydrogen-bond acceptors (Lipinski definition) is 3. The molecule has 3 nitrogen and oxygen atoms in total. The Labute approximate surface area is 107 Å². The third kappa shape index (κ3) is 2.68. The highest BCUT2D eigenvalue weighted by Gasteiger charge is 2.23. The number of fused-ring (bicyclic) bond motifs is 1. The number of rotatable bonds is 4. The first-order chi connectivity index (χ1) is 8.53. The second-order valence-corrected chi connectivity index (χ2v) is 5.10. The van der Waals surface area contributed by atoms with Gasteiger partial charge in [-0.1, -0.05) is 18.2 Å². The Morgan fingerprint density at radius 1 is 1.28 bits per heavy atom. The summed E-state index contributed by atoms with van der Waals surface area (Å²) in [6.45, 7) is 3.94. The molecule has 18 heavy (non-hydrogen) atoms. The quantitative estimate of drug-likeness (QED) is 0.900. The van der Waals surface area contributed by atoms with Crippen molar-refractivity contribution in [3.05, 3.63) is 42.1 Å². The molecule has 0 spiro atoms. The van der Waals surface area contributed by atoms with E-state index in [4.69, 9.17) is 4.74 Å². The van der Waals surface area contributed by atoms with E-state index in [0.29, 0.717) is 6.42 Å². The van der Waals surface area contributed by atoms with Crippen LogP contribution in [-0.2, 0) is 4.74 Å². The van der Waals surface area contributed by atoms with E-state index in [1.165, 1.54) is 0 Å². The molecular formula is C15H19NO2. The molecular weight excluding hydrogens is 226 g/mol. The number of hydrogen-bond donors (Lipinski definition) is 1. The van der Waals surface area contributed by atoms with E-state index in [-0.39, 0.29) is 5.60 Å². The molecule has 0 bridgehead atoms. The number of ether oxygens (including phenoxy) is 1. The van der Waals surface area contributed by atoms with E-state index in [0.717, 1.165) is 16.5 Å². The van der Waals surface area contributed by atoms with Gasteiger partial charge in [-0.2, -0.15) is 0 Å². The van der Waals surface area contributed by atoms with Gasteiger partial charge in [0.05, 0.1) is 17.2 Å². The minimum Gasteiger partial charge on any atom is -0.388 e. The summed E-state index contributed by atoms with van der Waals surface area (Å²) in [5, 5.41) is 11.4. The van der Waals surface area contributed by atoms with Gasteiger partial charge in [0, 0.05) is 25.1 Å². The second-order valence-electron chi connectivity index (χ2n) is 5.10. The lowest BCUT2D eigenvalue weighted by atomic mass is 9.93. The van der Waals surface area contributed by atoms with Crippen LogP contribution in [0.4, 0.5) is 0 Å². The molecule has 0 fully saturated rings. The van der Waals surface area contributed by atoms with Crippen molar-refractivity contribution < 1.29 is 9.84 Å². The van der Waals surface area contributed by atoms with E-state index < -0.39 is 6.10 Å². The van der Waals surface area contributed by atoms with Crippen LogP contribution in [0, 0.1) is 0 Å². The van der Waals surface area contributed by atoms with Crippen LogP contribution in [0.3, 0.4) is 0 Å². The lowest BCUT2D eigenvalue weighted by Gasteiger charge is -2.26. The van der Waals surface area contributed by atoms with Gasteiger partial charge in [0.1, 0.15) is 0 Å². The average Bonchev–Trinajstić information content (AvgIpc) is 2.37. The Balaban J connectivity index is 2.36. The van der Waals surface area contributed by atoms with Crippen molar-refractivity contribution in [2.24, 2.45) is 0 Å². The summed E-state index contributed by atoms with van der Waals surface area (Å²) < 4.78 is 5.37. The number of aliphatic hydroxyl groups is 1. The van der Waals surface area contributed by atoms with Crippen LogP contribution in [-0.4, -0.2) is 22.8 Å². The van der Waals surface area contributed by atoms with Gasteiger partial charge in [-0.05, 0) is 31.5 Å². The minimum absolute atomic E-state index is 0.343. The largest absolute Gasteiger partial charge is 0.388 e. The molecule has 0 aliphatic carbocycles. The number of methoxy groups -OCH3 is 1. The summed E-state index contributed by atoms with van der Waals surface area (Å²) in [6, 6.07) is 9.70. The molecule has 1 heterocycles. The number of aliphatic hydroxyl groups excluding tert-OH is 1. The number of pyridine rings is 1. The molecule has 0 amide bonds. The van der Waals surface area contributed by atoms with Crippen molar-refractivity contribution in [3.63, 3.8) is 0 Å². The van der Waals surface area contributed by atoms with Gasteiger partial charge in [0.15, 0.2) is 0 Å². The van der Waals surface area contributed by atoms with Gasteiger partial charge in [0.25, 0.3) is 0 Å². The lowest BCUT2D eigenvalue weighted by Crippen LogP contribution is -2.25.